The molecule has 0 bridgehead atoms. The number of aliphatic hydroxyl groups excluding tert-OH is 5. The minimum absolute atomic E-state index is 0.00496. The molecule has 0 aromatic rings. The van der Waals surface area contributed by atoms with Gasteiger partial charge in [0.2, 0.25) is 5.91 Å². The maximum Gasteiger partial charge on any atom is 0.331 e. The zero-order valence-corrected chi connectivity index (χ0v) is 23.0. The lowest BCUT2D eigenvalue weighted by molar-refractivity contribution is -0.243. The molecular weight excluding hydrogens is 494 g/mol. The number of rotatable bonds is 7. The largest absolute Gasteiger partial charge is 0.480 e. The molecule has 0 saturated heterocycles. The van der Waals surface area contributed by atoms with Crippen LogP contribution in [0.4, 0.5) is 0 Å². The fraction of sp³-hybridized carbons (Fsp3) is 0.929. The second-order valence-corrected chi connectivity index (χ2v) is 13.4. The van der Waals surface area contributed by atoms with Gasteiger partial charge in [0.1, 0.15) is 0 Å². The Balaban J connectivity index is 1.50. The number of amides is 1. The summed E-state index contributed by atoms with van der Waals surface area (Å²) in [6, 6.07) is -1.74. The third-order valence-corrected chi connectivity index (χ3v) is 11.6. The quantitative estimate of drug-likeness (QED) is 0.185. The van der Waals surface area contributed by atoms with Gasteiger partial charge in [0, 0.05) is 6.42 Å². The molecule has 0 radical (unpaired) electrons. The molecule has 4 rings (SSSR count). The molecule has 1 amide bonds. The first-order valence-electron chi connectivity index (χ1n) is 14.3. The Bertz CT molecular complexity index is 900. The molecule has 0 heterocycles. The highest BCUT2D eigenvalue weighted by atomic mass is 16.5. The predicted molar refractivity (Wildman–Crippen MR) is 136 cm³/mol. The summed E-state index contributed by atoms with van der Waals surface area (Å²) in [5.41, 5.74) is -0.792. The number of hydrogen-bond acceptors (Lipinski definition) is 8. The number of carboxylic acids is 1. The maximum atomic E-state index is 12.6. The van der Waals surface area contributed by atoms with E-state index in [1.165, 1.54) is 6.92 Å². The van der Waals surface area contributed by atoms with Crippen LogP contribution in [-0.2, 0) is 9.59 Å². The Kier molecular flexibility index (Phi) is 8.27. The molecule has 0 aliphatic heterocycles. The second-order valence-electron chi connectivity index (χ2n) is 13.4. The summed E-state index contributed by atoms with van der Waals surface area (Å²) in [7, 11) is 0. The van der Waals surface area contributed by atoms with Gasteiger partial charge in [-0.2, -0.15) is 0 Å². The molecule has 0 aromatic carbocycles. The van der Waals surface area contributed by atoms with Crippen LogP contribution in [0.25, 0.3) is 0 Å². The van der Waals surface area contributed by atoms with Crippen molar-refractivity contribution < 1.29 is 45.4 Å². The van der Waals surface area contributed by atoms with Crippen molar-refractivity contribution in [1.29, 1.82) is 0 Å². The number of carboxylic acid groups (broad SMARTS) is 1. The molecule has 14 unspecified atom stereocenters. The lowest BCUT2D eigenvalue weighted by atomic mass is 9.42. The molecule has 10 nitrogen and oxygen atoms in total. The van der Waals surface area contributed by atoms with Crippen LogP contribution in [0.15, 0.2) is 0 Å². The van der Waals surface area contributed by atoms with E-state index in [2.05, 4.69) is 13.8 Å². The van der Waals surface area contributed by atoms with Crippen LogP contribution in [0.2, 0.25) is 0 Å². The Morgan fingerprint density at radius 1 is 0.947 bits per heavy atom. The molecule has 10 heteroatoms. The molecular formula is C28H47NO9. The van der Waals surface area contributed by atoms with Crippen molar-refractivity contribution >= 4 is 11.9 Å². The highest BCUT2D eigenvalue weighted by Gasteiger charge is 2.67. The van der Waals surface area contributed by atoms with E-state index in [0.29, 0.717) is 25.7 Å². The van der Waals surface area contributed by atoms with E-state index < -0.39 is 53.9 Å². The summed E-state index contributed by atoms with van der Waals surface area (Å²) >= 11 is 0. The maximum absolute atomic E-state index is 12.6. The first-order valence-corrected chi connectivity index (χ1v) is 14.3. The first-order chi connectivity index (χ1) is 17.7. The number of carbonyl (C=O) groups excluding carboxylic acids is 1. The highest BCUT2D eigenvalue weighted by molar-refractivity contribution is 5.83. The van der Waals surface area contributed by atoms with Crippen molar-refractivity contribution in [2.45, 2.75) is 116 Å². The normalized spacial score (nSPS) is 46.7. The van der Waals surface area contributed by atoms with Gasteiger partial charge in [-0.25, -0.2) is 9.86 Å². The van der Waals surface area contributed by atoms with Crippen molar-refractivity contribution in [3.05, 3.63) is 0 Å². The van der Waals surface area contributed by atoms with Gasteiger partial charge in [0.05, 0.1) is 30.5 Å². The molecule has 4 fully saturated rings. The van der Waals surface area contributed by atoms with E-state index >= 15 is 0 Å². The summed E-state index contributed by atoms with van der Waals surface area (Å²) in [5, 5.41) is 73.7. The van der Waals surface area contributed by atoms with Gasteiger partial charge in [-0.3, -0.25) is 10.0 Å². The van der Waals surface area contributed by atoms with E-state index in [1.807, 2.05) is 6.92 Å². The van der Waals surface area contributed by atoms with Crippen molar-refractivity contribution in [1.82, 2.24) is 5.06 Å². The van der Waals surface area contributed by atoms with Crippen LogP contribution in [0.5, 0.6) is 0 Å². The molecule has 4 aliphatic rings. The van der Waals surface area contributed by atoms with Gasteiger partial charge >= 0.3 is 5.97 Å². The monoisotopic (exact) mass is 541 g/mol. The average molecular weight is 542 g/mol. The minimum atomic E-state index is -1.74. The fourth-order valence-electron chi connectivity index (χ4n) is 9.51. The third kappa shape index (κ3) is 4.59. The molecule has 7 N–H and O–H groups in total. The Hall–Kier alpha value is -1.30. The Morgan fingerprint density at radius 3 is 2.21 bits per heavy atom. The van der Waals surface area contributed by atoms with Crippen LogP contribution in [0.3, 0.4) is 0 Å². The molecule has 218 valence electrons. The van der Waals surface area contributed by atoms with E-state index in [9.17, 15) is 45.4 Å². The van der Waals surface area contributed by atoms with Gasteiger partial charge in [-0.05, 0) is 98.2 Å². The van der Waals surface area contributed by atoms with Gasteiger partial charge in [0.15, 0.2) is 6.04 Å². The molecule has 14 atom stereocenters. The minimum Gasteiger partial charge on any atom is -0.480 e. The molecule has 4 aliphatic carbocycles. The molecule has 4 saturated carbocycles. The summed E-state index contributed by atoms with van der Waals surface area (Å²) in [6.45, 7) is 7.43. The smallest absolute Gasteiger partial charge is 0.331 e. The van der Waals surface area contributed by atoms with Gasteiger partial charge in [-0.1, -0.05) is 20.8 Å². The number of nitrogens with zero attached hydrogens (tertiary/aromatic N) is 1. The van der Waals surface area contributed by atoms with E-state index in [1.54, 1.807) is 0 Å². The SMILES string of the molecule is CC(O)C(C(=O)O)N(O)C(=O)CCC(C)C1CCC2C3C(O)C(O)C4CC(O)CCC4(C)C3CC(O)C12C. The molecule has 0 aromatic heterocycles. The number of hydrogen-bond donors (Lipinski definition) is 7. The summed E-state index contributed by atoms with van der Waals surface area (Å²) in [6.07, 6.45) is -0.128. The lowest BCUT2D eigenvalue weighted by Crippen LogP contribution is -2.66. The van der Waals surface area contributed by atoms with Crippen LogP contribution in [-0.4, -0.2) is 89.3 Å². The standard InChI is InChI=1S/C28H47NO9/c1-13(5-8-21(33)29(38)23(14(2)30)26(36)37)16-6-7-17-22-18(12-20(32)28(16,17)4)27(3)10-9-15(31)11-19(27)24(34)25(22)35/h13-20,22-25,30-32,34-35,38H,5-12H2,1-4H3,(H,36,37). The summed E-state index contributed by atoms with van der Waals surface area (Å²) in [4.78, 5) is 23.9. The Labute approximate surface area is 224 Å². The number of fused-ring (bicyclic) bond motifs is 5. The lowest BCUT2D eigenvalue weighted by Gasteiger charge is -2.64. The number of carbonyl (C=O) groups is 2. The van der Waals surface area contributed by atoms with E-state index in [4.69, 9.17) is 0 Å². The number of hydroxylamine groups is 2. The van der Waals surface area contributed by atoms with Crippen molar-refractivity contribution in [2.24, 2.45) is 46.3 Å². The number of aliphatic carboxylic acids is 1. The van der Waals surface area contributed by atoms with E-state index in [0.717, 1.165) is 19.3 Å². The van der Waals surface area contributed by atoms with Crippen molar-refractivity contribution in [3.63, 3.8) is 0 Å². The van der Waals surface area contributed by atoms with E-state index in [-0.39, 0.29) is 52.4 Å². The second kappa shape index (κ2) is 10.6. The molecule has 38 heavy (non-hydrogen) atoms. The third-order valence-electron chi connectivity index (χ3n) is 11.6. The average Bonchev–Trinajstić information content (AvgIpc) is 3.20. The summed E-state index contributed by atoms with van der Waals surface area (Å²) < 4.78 is 0. The van der Waals surface area contributed by atoms with Crippen LogP contribution in [0.1, 0.15) is 79.1 Å². The van der Waals surface area contributed by atoms with Crippen LogP contribution >= 0.6 is 0 Å². The zero-order valence-electron chi connectivity index (χ0n) is 23.0. The number of aliphatic hydroxyl groups is 5. The predicted octanol–water partition coefficient (Wildman–Crippen LogP) is 1.39. The molecule has 0 spiro atoms. The Morgan fingerprint density at radius 2 is 1.61 bits per heavy atom. The topological polar surface area (TPSA) is 179 Å². The van der Waals surface area contributed by atoms with Gasteiger partial charge < -0.3 is 30.6 Å². The summed E-state index contributed by atoms with van der Waals surface area (Å²) in [5.74, 6) is -2.60. The highest BCUT2D eigenvalue weighted by Crippen LogP contribution is 2.68. The van der Waals surface area contributed by atoms with Crippen LogP contribution in [0, 0.1) is 46.3 Å². The fourth-order valence-corrected chi connectivity index (χ4v) is 9.51. The van der Waals surface area contributed by atoms with Crippen molar-refractivity contribution in [2.75, 3.05) is 0 Å². The van der Waals surface area contributed by atoms with Gasteiger partial charge in [0.25, 0.3) is 0 Å². The van der Waals surface area contributed by atoms with Crippen molar-refractivity contribution in [3.8, 4) is 0 Å². The van der Waals surface area contributed by atoms with Crippen LogP contribution < -0.4 is 0 Å². The van der Waals surface area contributed by atoms with Gasteiger partial charge in [-0.15, -0.1) is 0 Å². The zero-order chi connectivity index (χ0) is 28.3. The first kappa shape index (κ1) is 29.7.